The molecule has 0 saturated heterocycles. The fourth-order valence-corrected chi connectivity index (χ4v) is 2.64. The number of carbonyl (C=O) groups is 1. The minimum atomic E-state index is -0.439. The van der Waals surface area contributed by atoms with Crippen molar-refractivity contribution in [3.8, 4) is 22.8 Å². The van der Waals surface area contributed by atoms with E-state index in [9.17, 15) is 9.18 Å². The smallest absolute Gasteiger partial charge is 0.323 e. The maximum atomic E-state index is 13.9. The van der Waals surface area contributed by atoms with E-state index in [2.05, 4.69) is 20.8 Å². The zero-order valence-electron chi connectivity index (χ0n) is 14.6. The predicted octanol–water partition coefficient (Wildman–Crippen LogP) is 5.19. The topological polar surface area (TPSA) is 80.0 Å². The third-order valence-corrected chi connectivity index (χ3v) is 3.94. The monoisotopic (exact) mass is 374 g/mol. The number of nitrogens with one attached hydrogen (secondary N) is 2. The molecule has 4 rings (SSSR count). The van der Waals surface area contributed by atoms with Crippen molar-refractivity contribution >= 4 is 17.4 Å². The average molecular weight is 374 g/mol. The number of hydrogen-bond donors (Lipinski definition) is 2. The summed E-state index contributed by atoms with van der Waals surface area (Å²) in [5, 5.41) is 9.40. The highest BCUT2D eigenvalue weighted by atomic mass is 19.1. The number of nitrogens with zero attached hydrogens (tertiary/aromatic N) is 2. The second-order valence-electron chi connectivity index (χ2n) is 5.93. The molecular formula is C21H15FN4O2. The van der Waals surface area contributed by atoms with Gasteiger partial charge in [-0.05, 0) is 36.4 Å². The van der Waals surface area contributed by atoms with Crippen LogP contribution in [-0.2, 0) is 0 Å². The van der Waals surface area contributed by atoms with Crippen molar-refractivity contribution in [3.05, 3.63) is 84.7 Å². The lowest BCUT2D eigenvalue weighted by Gasteiger charge is -2.08. The number of rotatable bonds is 4. The normalized spacial score (nSPS) is 10.5. The third kappa shape index (κ3) is 3.88. The Kier molecular flexibility index (Phi) is 4.79. The number of anilines is 2. The molecule has 0 saturated carbocycles. The SMILES string of the molecule is O=C(Nc1ccccc1)Nc1cccc(-c2noc(-c3ccccc3F)n2)c1. The third-order valence-electron chi connectivity index (χ3n) is 3.94. The molecule has 0 aliphatic heterocycles. The molecule has 0 spiro atoms. The fraction of sp³-hybridized carbons (Fsp3) is 0. The summed E-state index contributed by atoms with van der Waals surface area (Å²) in [6.45, 7) is 0. The highest BCUT2D eigenvalue weighted by Gasteiger charge is 2.14. The summed E-state index contributed by atoms with van der Waals surface area (Å²) in [6.07, 6.45) is 0. The zero-order valence-corrected chi connectivity index (χ0v) is 14.6. The predicted molar refractivity (Wildman–Crippen MR) is 104 cm³/mol. The van der Waals surface area contributed by atoms with Crippen molar-refractivity contribution < 1.29 is 13.7 Å². The van der Waals surface area contributed by atoms with Crippen molar-refractivity contribution in [2.24, 2.45) is 0 Å². The molecule has 0 unspecified atom stereocenters. The Hall–Kier alpha value is -4.00. The molecule has 0 aliphatic rings. The summed E-state index contributed by atoms with van der Waals surface area (Å²) >= 11 is 0. The first kappa shape index (κ1) is 17.4. The van der Waals surface area contributed by atoms with E-state index in [-0.39, 0.29) is 17.5 Å². The minimum Gasteiger partial charge on any atom is -0.334 e. The van der Waals surface area contributed by atoms with Crippen LogP contribution >= 0.6 is 0 Å². The van der Waals surface area contributed by atoms with E-state index in [4.69, 9.17) is 4.52 Å². The Morgan fingerprint density at radius 1 is 0.857 bits per heavy atom. The lowest BCUT2D eigenvalue weighted by atomic mass is 10.2. The number of benzene rings is 3. The number of carbonyl (C=O) groups excluding carboxylic acids is 1. The molecule has 0 atom stereocenters. The van der Waals surface area contributed by atoms with Crippen LogP contribution in [-0.4, -0.2) is 16.2 Å². The van der Waals surface area contributed by atoms with Crippen molar-refractivity contribution in [2.45, 2.75) is 0 Å². The Morgan fingerprint density at radius 3 is 2.39 bits per heavy atom. The van der Waals surface area contributed by atoms with Gasteiger partial charge in [0.05, 0.1) is 5.56 Å². The van der Waals surface area contributed by atoms with Crippen LogP contribution in [0.3, 0.4) is 0 Å². The zero-order chi connectivity index (χ0) is 19.3. The van der Waals surface area contributed by atoms with Crippen LogP contribution in [0.4, 0.5) is 20.6 Å². The second kappa shape index (κ2) is 7.71. The van der Waals surface area contributed by atoms with Gasteiger partial charge in [0.1, 0.15) is 5.82 Å². The molecule has 6 nitrogen and oxygen atoms in total. The van der Waals surface area contributed by atoms with E-state index < -0.39 is 5.82 Å². The van der Waals surface area contributed by atoms with Crippen LogP contribution in [0.5, 0.6) is 0 Å². The Morgan fingerprint density at radius 2 is 1.57 bits per heavy atom. The molecule has 1 heterocycles. The Labute approximate surface area is 160 Å². The molecule has 7 heteroatoms. The van der Waals surface area contributed by atoms with Crippen LogP contribution in [0.15, 0.2) is 83.4 Å². The maximum absolute atomic E-state index is 13.9. The number of para-hydroxylation sites is 1. The highest BCUT2D eigenvalue weighted by molar-refractivity contribution is 6.00. The van der Waals surface area contributed by atoms with Gasteiger partial charge in [-0.2, -0.15) is 4.98 Å². The summed E-state index contributed by atoms with van der Waals surface area (Å²) in [5.41, 5.74) is 2.11. The van der Waals surface area contributed by atoms with E-state index in [0.29, 0.717) is 22.8 Å². The molecule has 0 radical (unpaired) electrons. The van der Waals surface area contributed by atoms with Gasteiger partial charge in [0.25, 0.3) is 5.89 Å². The molecule has 2 N–H and O–H groups in total. The summed E-state index contributed by atoms with van der Waals surface area (Å²) in [5.74, 6) is -0.0515. The van der Waals surface area contributed by atoms with Gasteiger partial charge < -0.3 is 15.2 Å². The van der Waals surface area contributed by atoms with Crippen LogP contribution < -0.4 is 10.6 Å². The van der Waals surface area contributed by atoms with Crippen molar-refractivity contribution in [3.63, 3.8) is 0 Å². The summed E-state index contributed by atoms with van der Waals surface area (Å²) in [7, 11) is 0. The van der Waals surface area contributed by atoms with Gasteiger partial charge in [-0.3, -0.25) is 0 Å². The Bertz CT molecular complexity index is 1110. The van der Waals surface area contributed by atoms with Crippen LogP contribution in [0.25, 0.3) is 22.8 Å². The quantitative estimate of drug-likeness (QED) is 0.515. The molecule has 0 fully saturated rings. The van der Waals surface area contributed by atoms with Crippen molar-refractivity contribution in [1.29, 1.82) is 0 Å². The largest absolute Gasteiger partial charge is 0.334 e. The van der Waals surface area contributed by atoms with E-state index in [1.807, 2.05) is 18.2 Å². The van der Waals surface area contributed by atoms with E-state index in [1.165, 1.54) is 6.07 Å². The number of urea groups is 1. The first-order chi connectivity index (χ1) is 13.7. The number of aromatic nitrogens is 2. The second-order valence-corrected chi connectivity index (χ2v) is 5.93. The van der Waals surface area contributed by atoms with Gasteiger partial charge in [-0.25, -0.2) is 9.18 Å². The highest BCUT2D eigenvalue weighted by Crippen LogP contribution is 2.25. The first-order valence-electron chi connectivity index (χ1n) is 8.51. The minimum absolute atomic E-state index is 0.0910. The molecule has 28 heavy (non-hydrogen) atoms. The number of halogens is 1. The standard InChI is InChI=1S/C21H15FN4O2/c22-18-12-5-4-11-17(18)20-25-19(26-28-20)14-7-6-10-16(13-14)24-21(27)23-15-8-2-1-3-9-15/h1-13H,(H2,23,24,27). The lowest BCUT2D eigenvalue weighted by molar-refractivity contribution is 0.262. The van der Waals surface area contributed by atoms with E-state index in [0.717, 1.165) is 0 Å². The average Bonchev–Trinajstić information content (AvgIpc) is 3.19. The molecule has 3 aromatic carbocycles. The van der Waals surface area contributed by atoms with Crippen molar-refractivity contribution in [2.75, 3.05) is 10.6 Å². The van der Waals surface area contributed by atoms with Gasteiger partial charge in [-0.15, -0.1) is 0 Å². The number of amides is 2. The summed E-state index contributed by atoms with van der Waals surface area (Å²) in [4.78, 5) is 16.4. The van der Waals surface area contributed by atoms with Crippen LogP contribution in [0.2, 0.25) is 0 Å². The van der Waals surface area contributed by atoms with Gasteiger partial charge in [0.15, 0.2) is 0 Å². The lowest BCUT2D eigenvalue weighted by Crippen LogP contribution is -2.19. The molecular weight excluding hydrogens is 359 g/mol. The van der Waals surface area contributed by atoms with E-state index in [1.54, 1.807) is 54.6 Å². The van der Waals surface area contributed by atoms with Gasteiger partial charge in [0, 0.05) is 16.9 Å². The van der Waals surface area contributed by atoms with Gasteiger partial charge in [0.2, 0.25) is 5.82 Å². The Balaban J connectivity index is 1.51. The summed E-state index contributed by atoms with van der Waals surface area (Å²) < 4.78 is 19.1. The first-order valence-corrected chi connectivity index (χ1v) is 8.51. The van der Waals surface area contributed by atoms with E-state index >= 15 is 0 Å². The van der Waals surface area contributed by atoms with Gasteiger partial charge >= 0.3 is 6.03 Å². The molecule has 2 amide bonds. The fourth-order valence-electron chi connectivity index (χ4n) is 2.64. The maximum Gasteiger partial charge on any atom is 0.323 e. The molecule has 0 aliphatic carbocycles. The molecule has 138 valence electrons. The number of hydrogen-bond acceptors (Lipinski definition) is 4. The summed E-state index contributed by atoms with van der Waals surface area (Å²) in [6, 6.07) is 21.9. The van der Waals surface area contributed by atoms with Crippen LogP contribution in [0, 0.1) is 5.82 Å². The molecule has 4 aromatic rings. The molecule has 0 bridgehead atoms. The van der Waals surface area contributed by atoms with Gasteiger partial charge in [-0.1, -0.05) is 47.6 Å². The van der Waals surface area contributed by atoms with Crippen LogP contribution in [0.1, 0.15) is 0 Å². The van der Waals surface area contributed by atoms with Crippen molar-refractivity contribution in [1.82, 2.24) is 10.1 Å². The molecule has 1 aromatic heterocycles.